The van der Waals surface area contributed by atoms with Crippen LogP contribution in [0.15, 0.2) is 29.0 Å². The number of rotatable bonds is 5. The van der Waals surface area contributed by atoms with Crippen molar-refractivity contribution in [2.75, 3.05) is 32.8 Å². The maximum absolute atomic E-state index is 14.4. The standard InChI is InChI=1S/C17H20ClFN2OS.ClH/c1-2-22-17-14(18)9-13(10-15(17)19)16(12-3-8-23-11-12)21-6-4-20-5-7-21;/h3,8-11,16,20H,2,4-7H2,1H3;1H/t16-;/m1./s1. The van der Waals surface area contributed by atoms with Gasteiger partial charge in [-0.05, 0) is 47.0 Å². The van der Waals surface area contributed by atoms with Crippen molar-refractivity contribution in [1.82, 2.24) is 10.2 Å². The molecule has 1 N–H and O–H groups in total. The van der Waals surface area contributed by atoms with Crippen LogP contribution in [0.4, 0.5) is 4.39 Å². The Morgan fingerprint density at radius 1 is 1.33 bits per heavy atom. The van der Waals surface area contributed by atoms with Gasteiger partial charge in [-0.3, -0.25) is 4.90 Å². The SMILES string of the molecule is CCOc1c(F)cc([C@@H](c2ccsc2)N2CCNCC2)cc1Cl.Cl. The third-order valence-electron chi connectivity index (χ3n) is 4.00. The smallest absolute Gasteiger partial charge is 0.173 e. The van der Waals surface area contributed by atoms with Crippen molar-refractivity contribution in [3.05, 3.63) is 50.9 Å². The second kappa shape index (κ2) is 9.02. The third kappa shape index (κ3) is 4.21. The van der Waals surface area contributed by atoms with E-state index in [0.29, 0.717) is 11.6 Å². The quantitative estimate of drug-likeness (QED) is 0.820. The van der Waals surface area contributed by atoms with Crippen molar-refractivity contribution in [3.63, 3.8) is 0 Å². The van der Waals surface area contributed by atoms with Crippen molar-refractivity contribution in [3.8, 4) is 5.75 Å². The highest BCUT2D eigenvalue weighted by Gasteiger charge is 2.26. The van der Waals surface area contributed by atoms with Crippen molar-refractivity contribution in [2.24, 2.45) is 0 Å². The zero-order valence-corrected chi connectivity index (χ0v) is 15.8. The fourth-order valence-electron chi connectivity index (χ4n) is 3.00. The van der Waals surface area contributed by atoms with Gasteiger partial charge in [0.05, 0.1) is 17.7 Å². The van der Waals surface area contributed by atoms with Crippen LogP contribution in [0.25, 0.3) is 0 Å². The highest BCUT2D eigenvalue weighted by Crippen LogP contribution is 2.36. The first kappa shape index (κ1) is 19.5. The lowest BCUT2D eigenvalue weighted by Gasteiger charge is -2.35. The number of piperazine rings is 1. The number of nitrogens with zero attached hydrogens (tertiary/aromatic N) is 1. The summed E-state index contributed by atoms with van der Waals surface area (Å²) in [6.45, 7) is 5.93. The van der Waals surface area contributed by atoms with E-state index in [2.05, 4.69) is 27.0 Å². The Labute approximate surface area is 157 Å². The van der Waals surface area contributed by atoms with Crippen LogP contribution in [0.3, 0.4) is 0 Å². The average Bonchev–Trinajstić information content (AvgIpc) is 3.06. The molecule has 1 saturated heterocycles. The predicted molar refractivity (Wildman–Crippen MR) is 100 cm³/mol. The molecule has 1 aliphatic heterocycles. The second-order valence-corrected chi connectivity index (χ2v) is 6.68. The summed E-state index contributed by atoms with van der Waals surface area (Å²) in [5, 5.41) is 7.86. The van der Waals surface area contributed by atoms with Gasteiger partial charge in [-0.1, -0.05) is 11.6 Å². The second-order valence-electron chi connectivity index (χ2n) is 5.49. The van der Waals surface area contributed by atoms with Gasteiger partial charge in [-0.25, -0.2) is 4.39 Å². The zero-order chi connectivity index (χ0) is 16.2. The zero-order valence-electron chi connectivity index (χ0n) is 13.4. The van der Waals surface area contributed by atoms with Gasteiger partial charge in [-0.2, -0.15) is 11.3 Å². The van der Waals surface area contributed by atoms with Crippen LogP contribution >= 0.6 is 35.3 Å². The molecule has 0 saturated carbocycles. The van der Waals surface area contributed by atoms with Crippen molar-refractivity contribution in [1.29, 1.82) is 0 Å². The summed E-state index contributed by atoms with van der Waals surface area (Å²) >= 11 is 7.92. The molecule has 132 valence electrons. The van der Waals surface area contributed by atoms with Crippen LogP contribution < -0.4 is 10.1 Å². The van der Waals surface area contributed by atoms with E-state index in [0.717, 1.165) is 31.7 Å². The topological polar surface area (TPSA) is 24.5 Å². The number of nitrogens with one attached hydrogen (secondary N) is 1. The number of thiophene rings is 1. The average molecular weight is 391 g/mol. The Morgan fingerprint density at radius 2 is 2.08 bits per heavy atom. The van der Waals surface area contributed by atoms with E-state index in [-0.39, 0.29) is 24.2 Å². The fraction of sp³-hybridized carbons (Fsp3) is 0.412. The molecule has 1 aromatic heterocycles. The first-order valence-corrected chi connectivity index (χ1v) is 9.11. The molecule has 0 bridgehead atoms. The van der Waals surface area contributed by atoms with E-state index in [1.807, 2.05) is 13.0 Å². The van der Waals surface area contributed by atoms with Crippen LogP contribution in [0.1, 0.15) is 24.1 Å². The molecule has 2 aromatic rings. The van der Waals surface area contributed by atoms with Gasteiger partial charge in [0.15, 0.2) is 11.6 Å². The Bertz CT molecular complexity index is 625. The summed E-state index contributed by atoms with van der Waals surface area (Å²) in [7, 11) is 0. The molecular weight excluding hydrogens is 370 g/mol. The van der Waals surface area contributed by atoms with Gasteiger partial charge in [0.25, 0.3) is 0 Å². The molecule has 2 heterocycles. The lowest BCUT2D eigenvalue weighted by molar-refractivity contribution is 0.198. The molecule has 0 unspecified atom stereocenters. The minimum absolute atomic E-state index is 0. The molecular formula is C17H21Cl2FN2OS. The molecule has 3 rings (SSSR count). The monoisotopic (exact) mass is 390 g/mol. The molecule has 24 heavy (non-hydrogen) atoms. The predicted octanol–water partition coefficient (Wildman–Crippen LogP) is 4.36. The van der Waals surface area contributed by atoms with E-state index in [1.165, 1.54) is 5.56 Å². The fourth-order valence-corrected chi connectivity index (χ4v) is 3.95. The number of halogens is 3. The summed E-state index contributed by atoms with van der Waals surface area (Å²) in [5.41, 5.74) is 2.05. The van der Waals surface area contributed by atoms with Crippen LogP contribution in [0.2, 0.25) is 5.02 Å². The number of ether oxygens (including phenoxy) is 1. The molecule has 1 aliphatic rings. The molecule has 1 atom stereocenters. The number of benzene rings is 1. The largest absolute Gasteiger partial charge is 0.489 e. The van der Waals surface area contributed by atoms with Crippen molar-refractivity contribution < 1.29 is 9.13 Å². The van der Waals surface area contributed by atoms with Crippen molar-refractivity contribution in [2.45, 2.75) is 13.0 Å². The molecule has 1 aromatic carbocycles. The molecule has 7 heteroatoms. The van der Waals surface area contributed by atoms with Gasteiger partial charge in [-0.15, -0.1) is 12.4 Å². The van der Waals surface area contributed by atoms with Gasteiger partial charge in [0.1, 0.15) is 0 Å². The van der Waals surface area contributed by atoms with E-state index in [9.17, 15) is 4.39 Å². The maximum Gasteiger partial charge on any atom is 0.173 e. The minimum Gasteiger partial charge on any atom is -0.489 e. The van der Waals surface area contributed by atoms with Crippen LogP contribution in [-0.4, -0.2) is 37.7 Å². The van der Waals surface area contributed by atoms with Gasteiger partial charge in [0.2, 0.25) is 0 Å². The highest BCUT2D eigenvalue weighted by atomic mass is 35.5. The van der Waals surface area contributed by atoms with Crippen molar-refractivity contribution >= 4 is 35.3 Å². The Balaban J connectivity index is 0.00000208. The maximum atomic E-state index is 14.4. The first-order valence-electron chi connectivity index (χ1n) is 7.79. The van der Waals surface area contributed by atoms with Crippen LogP contribution in [-0.2, 0) is 0 Å². The van der Waals surface area contributed by atoms with Gasteiger partial charge >= 0.3 is 0 Å². The number of hydrogen-bond donors (Lipinski definition) is 1. The van der Waals surface area contributed by atoms with Crippen LogP contribution in [0.5, 0.6) is 5.75 Å². The highest BCUT2D eigenvalue weighted by molar-refractivity contribution is 7.08. The van der Waals surface area contributed by atoms with Crippen LogP contribution in [0, 0.1) is 5.82 Å². The minimum atomic E-state index is -0.398. The Kier molecular flexibility index (Phi) is 7.32. The molecule has 0 spiro atoms. The summed E-state index contributed by atoms with van der Waals surface area (Å²) < 4.78 is 19.7. The lowest BCUT2D eigenvalue weighted by Crippen LogP contribution is -2.45. The summed E-state index contributed by atoms with van der Waals surface area (Å²) in [6.07, 6.45) is 0. The molecule has 1 fully saturated rings. The molecule has 0 aliphatic carbocycles. The van der Waals surface area contributed by atoms with Gasteiger partial charge in [0, 0.05) is 26.2 Å². The Morgan fingerprint density at radius 3 is 2.67 bits per heavy atom. The van der Waals surface area contributed by atoms with E-state index in [1.54, 1.807) is 17.4 Å². The molecule has 0 amide bonds. The summed E-state index contributed by atoms with van der Waals surface area (Å²) in [4.78, 5) is 2.37. The first-order chi connectivity index (χ1) is 11.2. The molecule has 0 radical (unpaired) electrons. The summed E-state index contributed by atoms with van der Waals surface area (Å²) in [6, 6.07) is 5.51. The number of hydrogen-bond acceptors (Lipinski definition) is 4. The van der Waals surface area contributed by atoms with E-state index >= 15 is 0 Å². The van der Waals surface area contributed by atoms with E-state index in [4.69, 9.17) is 16.3 Å². The Hall–Kier alpha value is -0.850. The summed E-state index contributed by atoms with van der Waals surface area (Å²) in [5.74, 6) is -0.257. The lowest BCUT2D eigenvalue weighted by atomic mass is 9.98. The van der Waals surface area contributed by atoms with Gasteiger partial charge < -0.3 is 10.1 Å². The normalized spacial score (nSPS) is 16.5. The third-order valence-corrected chi connectivity index (χ3v) is 4.98. The molecule has 3 nitrogen and oxygen atoms in total. The van der Waals surface area contributed by atoms with E-state index < -0.39 is 5.82 Å².